The van der Waals surface area contributed by atoms with Gasteiger partial charge in [-0.05, 0) is 10.6 Å². The summed E-state index contributed by atoms with van der Waals surface area (Å²) in [6, 6.07) is 0. The largest absolute Gasteiger partial charge is 0.475 e. The molecule has 0 amide bonds. The Morgan fingerprint density at radius 1 is 1.60 bits per heavy atom. The average molecular weight is 211 g/mol. The molecule has 0 aliphatic carbocycles. The summed E-state index contributed by atoms with van der Waals surface area (Å²) in [6.45, 7) is 6.83. The second-order valence-corrected chi connectivity index (χ2v) is 4.63. The predicted molar refractivity (Wildman–Crippen MR) is 50.3 cm³/mol. The van der Waals surface area contributed by atoms with Gasteiger partial charge in [0, 0.05) is 13.1 Å². The highest BCUT2D eigenvalue weighted by Crippen LogP contribution is 2.29. The zero-order valence-electron chi connectivity index (χ0n) is 8.73. The summed E-state index contributed by atoms with van der Waals surface area (Å²) in [5.41, 5.74) is 0.343. The monoisotopic (exact) mass is 211 g/mol. The fraction of sp³-hybridized carbons (Fsp3) is 0.667. The fourth-order valence-electron chi connectivity index (χ4n) is 1.87. The molecule has 2 heterocycles. The van der Waals surface area contributed by atoms with Crippen molar-refractivity contribution in [2.75, 3.05) is 13.1 Å². The van der Waals surface area contributed by atoms with E-state index in [0.29, 0.717) is 17.9 Å². The third-order valence-electron chi connectivity index (χ3n) is 2.32. The summed E-state index contributed by atoms with van der Waals surface area (Å²) in [5.74, 6) is -1.07. The van der Waals surface area contributed by atoms with Crippen molar-refractivity contribution in [3.63, 3.8) is 0 Å². The Hall–Kier alpha value is -1.43. The van der Waals surface area contributed by atoms with Crippen LogP contribution in [0.5, 0.6) is 0 Å². The normalized spacial score (nSPS) is 19.9. The zero-order chi connectivity index (χ0) is 11.1. The molecule has 1 aromatic heterocycles. The van der Waals surface area contributed by atoms with Crippen molar-refractivity contribution >= 4 is 5.97 Å². The maximum atomic E-state index is 10.5. The van der Waals surface area contributed by atoms with Gasteiger partial charge in [-0.1, -0.05) is 13.8 Å². The van der Waals surface area contributed by atoms with Crippen molar-refractivity contribution in [2.24, 2.45) is 5.41 Å². The maximum Gasteiger partial charge on any atom is 0.377 e. The molecule has 6 nitrogen and oxygen atoms in total. The van der Waals surface area contributed by atoms with E-state index in [1.165, 1.54) is 0 Å². The molecule has 0 saturated carbocycles. The number of rotatable bonds is 3. The minimum Gasteiger partial charge on any atom is -0.475 e. The Morgan fingerprint density at radius 2 is 2.27 bits per heavy atom. The van der Waals surface area contributed by atoms with Crippen LogP contribution in [0.2, 0.25) is 0 Å². The third kappa shape index (κ3) is 2.15. The van der Waals surface area contributed by atoms with Gasteiger partial charge in [-0.25, -0.2) is 4.79 Å². The topological polar surface area (TPSA) is 79.5 Å². The van der Waals surface area contributed by atoms with E-state index in [1.54, 1.807) is 0 Å². The van der Waals surface area contributed by atoms with Crippen molar-refractivity contribution in [3.8, 4) is 0 Å². The molecule has 1 saturated heterocycles. The number of hydrogen-bond donors (Lipinski definition) is 1. The molecule has 0 atom stereocenters. The lowest BCUT2D eigenvalue weighted by Gasteiger charge is -2.45. The molecule has 0 bridgehead atoms. The molecule has 2 rings (SSSR count). The second-order valence-electron chi connectivity index (χ2n) is 4.63. The molecular formula is C9H13N3O3. The number of carboxylic acid groups (broad SMARTS) is 1. The Kier molecular flexibility index (Phi) is 2.22. The van der Waals surface area contributed by atoms with Gasteiger partial charge < -0.3 is 9.63 Å². The lowest BCUT2D eigenvalue weighted by molar-refractivity contribution is 0.0164. The van der Waals surface area contributed by atoms with Crippen molar-refractivity contribution in [3.05, 3.63) is 11.7 Å². The number of likely N-dealkylation sites (tertiary alicyclic amines) is 1. The number of nitrogens with zero attached hydrogens (tertiary/aromatic N) is 3. The van der Waals surface area contributed by atoms with Crippen LogP contribution in [0.1, 0.15) is 30.4 Å². The Bertz CT molecular complexity index is 378. The van der Waals surface area contributed by atoms with Crippen LogP contribution < -0.4 is 0 Å². The molecule has 0 radical (unpaired) electrons. The molecule has 6 heteroatoms. The van der Waals surface area contributed by atoms with Crippen molar-refractivity contribution in [1.82, 2.24) is 15.0 Å². The van der Waals surface area contributed by atoms with E-state index in [4.69, 9.17) is 9.63 Å². The molecular weight excluding hydrogens is 198 g/mol. The first-order valence-electron chi connectivity index (χ1n) is 4.74. The number of aromatic nitrogens is 2. The Morgan fingerprint density at radius 3 is 2.73 bits per heavy atom. The molecule has 1 N–H and O–H groups in total. The number of aromatic carboxylic acids is 1. The predicted octanol–water partition coefficient (Wildman–Crippen LogP) is 0.610. The lowest BCUT2D eigenvalue weighted by Crippen LogP contribution is -2.52. The van der Waals surface area contributed by atoms with Crippen LogP contribution in [0, 0.1) is 5.41 Å². The minimum absolute atomic E-state index is 0.273. The highest BCUT2D eigenvalue weighted by Gasteiger charge is 2.34. The SMILES string of the molecule is CC1(C)CN(Cc2nc(C(=O)O)no2)C1. The van der Waals surface area contributed by atoms with Crippen LogP contribution in [0.15, 0.2) is 4.52 Å². The van der Waals surface area contributed by atoms with Crippen LogP contribution in [0.4, 0.5) is 0 Å². The van der Waals surface area contributed by atoms with E-state index in [2.05, 4.69) is 28.9 Å². The standard InChI is InChI=1S/C9H13N3O3/c1-9(2)4-12(5-9)3-6-10-7(8(13)14)11-15-6/h3-5H2,1-2H3,(H,13,14). The summed E-state index contributed by atoms with van der Waals surface area (Å²) in [6.07, 6.45) is 0. The molecule has 0 spiro atoms. The molecule has 1 aliphatic heterocycles. The lowest BCUT2D eigenvalue weighted by atomic mass is 9.84. The van der Waals surface area contributed by atoms with Crippen molar-refractivity contribution in [1.29, 1.82) is 0 Å². The van der Waals surface area contributed by atoms with Gasteiger partial charge in [0.05, 0.1) is 6.54 Å². The molecule has 82 valence electrons. The summed E-state index contributed by atoms with van der Waals surface area (Å²) in [5, 5.41) is 11.9. The highest BCUT2D eigenvalue weighted by molar-refractivity contribution is 5.82. The molecule has 0 aromatic carbocycles. The number of carboxylic acids is 1. The summed E-state index contributed by atoms with van der Waals surface area (Å²) in [4.78, 5) is 16.4. The summed E-state index contributed by atoms with van der Waals surface area (Å²) in [7, 11) is 0. The highest BCUT2D eigenvalue weighted by atomic mass is 16.5. The molecule has 0 unspecified atom stereocenters. The van der Waals surface area contributed by atoms with Crippen LogP contribution in [-0.4, -0.2) is 39.2 Å². The first-order chi connectivity index (χ1) is 6.96. The quantitative estimate of drug-likeness (QED) is 0.789. The van der Waals surface area contributed by atoms with Gasteiger partial charge in [0.1, 0.15) is 0 Å². The summed E-state index contributed by atoms with van der Waals surface area (Å²) >= 11 is 0. The third-order valence-corrected chi connectivity index (χ3v) is 2.32. The van der Waals surface area contributed by atoms with Crippen LogP contribution in [0.3, 0.4) is 0 Å². The zero-order valence-corrected chi connectivity index (χ0v) is 8.73. The average Bonchev–Trinajstić information content (AvgIpc) is 2.49. The number of hydrogen-bond acceptors (Lipinski definition) is 5. The van der Waals surface area contributed by atoms with Crippen molar-refractivity contribution in [2.45, 2.75) is 20.4 Å². The first kappa shape index (κ1) is 10.1. The maximum absolute atomic E-state index is 10.5. The van der Waals surface area contributed by atoms with Gasteiger partial charge >= 0.3 is 5.97 Å². The molecule has 1 aliphatic rings. The minimum atomic E-state index is -1.16. The number of carbonyl (C=O) groups is 1. The Balaban J connectivity index is 1.92. The molecule has 1 aromatic rings. The van der Waals surface area contributed by atoms with Gasteiger partial charge in [0.2, 0.25) is 5.89 Å². The van der Waals surface area contributed by atoms with E-state index < -0.39 is 5.97 Å². The van der Waals surface area contributed by atoms with Gasteiger partial charge in [-0.2, -0.15) is 4.98 Å². The second kappa shape index (κ2) is 3.30. The van der Waals surface area contributed by atoms with E-state index in [0.717, 1.165) is 13.1 Å². The van der Waals surface area contributed by atoms with E-state index in [1.807, 2.05) is 0 Å². The smallest absolute Gasteiger partial charge is 0.377 e. The van der Waals surface area contributed by atoms with Crippen LogP contribution in [0.25, 0.3) is 0 Å². The van der Waals surface area contributed by atoms with Crippen LogP contribution in [-0.2, 0) is 6.54 Å². The van der Waals surface area contributed by atoms with Crippen LogP contribution >= 0.6 is 0 Å². The molecule has 1 fully saturated rings. The van der Waals surface area contributed by atoms with Crippen molar-refractivity contribution < 1.29 is 14.4 Å². The van der Waals surface area contributed by atoms with Gasteiger partial charge in [0.15, 0.2) is 0 Å². The fourth-order valence-corrected chi connectivity index (χ4v) is 1.87. The Labute approximate surface area is 86.9 Å². The van der Waals surface area contributed by atoms with Gasteiger partial charge in [-0.3, -0.25) is 4.90 Å². The summed E-state index contributed by atoms with van der Waals surface area (Å²) < 4.78 is 4.82. The van der Waals surface area contributed by atoms with Gasteiger partial charge in [0.25, 0.3) is 5.82 Å². The van der Waals surface area contributed by atoms with E-state index in [9.17, 15) is 4.79 Å². The molecule has 15 heavy (non-hydrogen) atoms. The van der Waals surface area contributed by atoms with Gasteiger partial charge in [-0.15, -0.1) is 0 Å². The first-order valence-corrected chi connectivity index (χ1v) is 4.74. The van der Waals surface area contributed by atoms with E-state index >= 15 is 0 Å². The van der Waals surface area contributed by atoms with E-state index in [-0.39, 0.29) is 5.82 Å².